The highest BCUT2D eigenvalue weighted by molar-refractivity contribution is 5.22. The lowest BCUT2D eigenvalue weighted by atomic mass is 10.0. The minimum Gasteiger partial charge on any atom is -0.307 e. The van der Waals surface area contributed by atoms with Crippen molar-refractivity contribution in [3.8, 4) is 0 Å². The molecule has 0 aliphatic carbocycles. The van der Waals surface area contributed by atoms with Crippen LogP contribution >= 0.6 is 0 Å². The van der Waals surface area contributed by atoms with Crippen LogP contribution in [0.4, 0.5) is 17.6 Å². The van der Waals surface area contributed by atoms with Gasteiger partial charge in [0.1, 0.15) is 0 Å². The van der Waals surface area contributed by atoms with Crippen molar-refractivity contribution in [1.29, 1.82) is 0 Å². The fraction of sp³-hybridized carbons (Fsp3) is 0.571. The summed E-state index contributed by atoms with van der Waals surface area (Å²) in [6, 6.07) is 7.51. The van der Waals surface area contributed by atoms with Gasteiger partial charge in [-0.2, -0.15) is 8.78 Å². The van der Waals surface area contributed by atoms with Crippen LogP contribution < -0.4 is 5.32 Å². The summed E-state index contributed by atoms with van der Waals surface area (Å²) < 4.78 is 49.1. The molecule has 0 unspecified atom stereocenters. The molecule has 1 nitrogen and oxygen atoms in total. The minimum absolute atomic E-state index is 0.157. The first kappa shape index (κ1) is 16.0. The minimum atomic E-state index is -3.97. The highest BCUT2D eigenvalue weighted by Crippen LogP contribution is 2.21. The van der Waals surface area contributed by atoms with E-state index in [1.165, 1.54) is 5.56 Å². The third-order valence-electron chi connectivity index (χ3n) is 2.68. The van der Waals surface area contributed by atoms with Crippen LogP contribution in [-0.2, 0) is 13.0 Å². The Bertz CT molecular complexity index is 374. The molecule has 0 radical (unpaired) electrons. The second kappa shape index (κ2) is 6.89. The molecule has 0 aliphatic rings. The van der Waals surface area contributed by atoms with Crippen LogP contribution in [0.3, 0.4) is 0 Å². The molecule has 0 amide bonds. The average molecular weight is 277 g/mol. The van der Waals surface area contributed by atoms with Gasteiger partial charge in [-0.05, 0) is 23.5 Å². The van der Waals surface area contributed by atoms with Gasteiger partial charge in [0.25, 0.3) is 0 Å². The van der Waals surface area contributed by atoms with Crippen LogP contribution in [0.1, 0.15) is 25.0 Å². The molecule has 1 N–H and O–H groups in total. The summed E-state index contributed by atoms with van der Waals surface area (Å²) in [6.07, 6.45) is -2.68. The summed E-state index contributed by atoms with van der Waals surface area (Å²) in [7, 11) is 0. The van der Waals surface area contributed by atoms with Crippen LogP contribution in [0.5, 0.6) is 0 Å². The predicted molar refractivity (Wildman–Crippen MR) is 67.6 cm³/mol. The van der Waals surface area contributed by atoms with E-state index in [4.69, 9.17) is 0 Å². The molecule has 1 aromatic rings. The SMILES string of the molecule is CC(C)Cc1ccc(CNCC(F)(F)C(F)F)cc1. The van der Waals surface area contributed by atoms with E-state index in [0.717, 1.165) is 12.0 Å². The van der Waals surface area contributed by atoms with Gasteiger partial charge in [0.15, 0.2) is 0 Å². The lowest BCUT2D eigenvalue weighted by Crippen LogP contribution is -2.38. The Morgan fingerprint density at radius 2 is 1.58 bits per heavy atom. The standard InChI is InChI=1S/C14H19F4N/c1-10(2)7-11-3-5-12(6-4-11)8-19-9-14(17,18)13(15)16/h3-6,10,13,19H,7-9H2,1-2H3. The van der Waals surface area contributed by atoms with Crippen LogP contribution in [0.2, 0.25) is 0 Å². The second-order valence-electron chi connectivity index (χ2n) is 5.08. The number of hydrogen-bond acceptors (Lipinski definition) is 1. The monoisotopic (exact) mass is 277 g/mol. The Morgan fingerprint density at radius 1 is 1.05 bits per heavy atom. The lowest BCUT2D eigenvalue weighted by molar-refractivity contribution is -0.125. The maximum atomic E-state index is 12.6. The second-order valence-corrected chi connectivity index (χ2v) is 5.08. The Hall–Kier alpha value is -1.10. The molecule has 1 rings (SSSR count). The van der Waals surface area contributed by atoms with E-state index < -0.39 is 18.9 Å². The fourth-order valence-electron chi connectivity index (χ4n) is 1.72. The summed E-state index contributed by atoms with van der Waals surface area (Å²) in [6.45, 7) is 3.37. The Kier molecular flexibility index (Phi) is 5.79. The summed E-state index contributed by atoms with van der Waals surface area (Å²) in [5.41, 5.74) is 1.98. The molecular formula is C14H19F4N. The number of hydrogen-bond donors (Lipinski definition) is 1. The van der Waals surface area contributed by atoms with E-state index in [9.17, 15) is 17.6 Å². The van der Waals surface area contributed by atoms with Gasteiger partial charge in [0, 0.05) is 6.54 Å². The maximum Gasteiger partial charge on any atom is 0.319 e. The molecule has 19 heavy (non-hydrogen) atoms. The highest BCUT2D eigenvalue weighted by atomic mass is 19.3. The van der Waals surface area contributed by atoms with Crippen LogP contribution in [0.25, 0.3) is 0 Å². The largest absolute Gasteiger partial charge is 0.319 e. The van der Waals surface area contributed by atoms with Gasteiger partial charge in [-0.1, -0.05) is 38.1 Å². The summed E-state index contributed by atoms with van der Waals surface area (Å²) >= 11 is 0. The average Bonchev–Trinajstić information content (AvgIpc) is 2.30. The predicted octanol–water partition coefficient (Wildman–Crippen LogP) is 3.88. The topological polar surface area (TPSA) is 12.0 Å². The van der Waals surface area contributed by atoms with E-state index >= 15 is 0 Å². The molecule has 108 valence electrons. The molecule has 0 atom stereocenters. The molecule has 1 aromatic carbocycles. The van der Waals surface area contributed by atoms with Gasteiger partial charge in [-0.15, -0.1) is 0 Å². The first-order chi connectivity index (χ1) is 8.81. The molecular weight excluding hydrogens is 258 g/mol. The van der Waals surface area contributed by atoms with E-state index in [1.807, 2.05) is 24.3 Å². The van der Waals surface area contributed by atoms with Crippen molar-refractivity contribution >= 4 is 0 Å². The molecule has 0 saturated heterocycles. The molecule has 5 heteroatoms. The first-order valence-electron chi connectivity index (χ1n) is 6.26. The van der Waals surface area contributed by atoms with Crippen molar-refractivity contribution in [1.82, 2.24) is 5.32 Å². The molecule has 0 aromatic heterocycles. The van der Waals surface area contributed by atoms with Crippen molar-refractivity contribution < 1.29 is 17.6 Å². The molecule has 0 saturated carbocycles. The Balaban J connectivity index is 2.42. The zero-order chi connectivity index (χ0) is 14.5. The van der Waals surface area contributed by atoms with E-state index in [2.05, 4.69) is 19.2 Å². The summed E-state index contributed by atoms with van der Waals surface area (Å²) in [4.78, 5) is 0. The van der Waals surface area contributed by atoms with Crippen molar-refractivity contribution in [2.24, 2.45) is 5.92 Å². The molecule has 0 heterocycles. The Morgan fingerprint density at radius 3 is 2.05 bits per heavy atom. The number of nitrogens with one attached hydrogen (secondary N) is 1. The smallest absolute Gasteiger partial charge is 0.307 e. The molecule has 0 spiro atoms. The number of benzene rings is 1. The van der Waals surface area contributed by atoms with Crippen LogP contribution in [0, 0.1) is 5.92 Å². The van der Waals surface area contributed by atoms with Crippen molar-refractivity contribution in [2.75, 3.05) is 6.54 Å². The zero-order valence-corrected chi connectivity index (χ0v) is 11.1. The van der Waals surface area contributed by atoms with Gasteiger partial charge in [-0.3, -0.25) is 0 Å². The highest BCUT2D eigenvalue weighted by Gasteiger charge is 2.39. The molecule has 0 bridgehead atoms. The van der Waals surface area contributed by atoms with Crippen molar-refractivity contribution in [3.05, 3.63) is 35.4 Å². The third kappa shape index (κ3) is 5.59. The lowest BCUT2D eigenvalue weighted by Gasteiger charge is -2.15. The summed E-state index contributed by atoms with van der Waals surface area (Å²) in [5, 5.41) is 2.35. The number of rotatable bonds is 7. The molecule has 0 aliphatic heterocycles. The van der Waals surface area contributed by atoms with Gasteiger partial charge in [-0.25, -0.2) is 8.78 Å². The van der Waals surface area contributed by atoms with Gasteiger partial charge >= 0.3 is 12.3 Å². The quantitative estimate of drug-likeness (QED) is 0.746. The fourth-order valence-corrected chi connectivity index (χ4v) is 1.72. The molecule has 0 fully saturated rings. The van der Waals surface area contributed by atoms with Crippen molar-refractivity contribution in [2.45, 2.75) is 39.2 Å². The summed E-state index contributed by atoms with van der Waals surface area (Å²) in [5.74, 6) is -3.42. The normalized spacial score (nSPS) is 12.4. The van der Waals surface area contributed by atoms with E-state index in [0.29, 0.717) is 5.92 Å². The number of halogens is 4. The number of alkyl halides is 4. The van der Waals surface area contributed by atoms with Crippen LogP contribution in [-0.4, -0.2) is 18.9 Å². The van der Waals surface area contributed by atoms with Crippen LogP contribution in [0.15, 0.2) is 24.3 Å². The van der Waals surface area contributed by atoms with Crippen molar-refractivity contribution in [3.63, 3.8) is 0 Å². The van der Waals surface area contributed by atoms with Gasteiger partial charge in [0.2, 0.25) is 0 Å². The first-order valence-corrected chi connectivity index (χ1v) is 6.26. The van der Waals surface area contributed by atoms with Gasteiger partial charge < -0.3 is 5.32 Å². The van der Waals surface area contributed by atoms with E-state index in [1.54, 1.807) is 0 Å². The van der Waals surface area contributed by atoms with Gasteiger partial charge in [0.05, 0.1) is 6.54 Å². The maximum absolute atomic E-state index is 12.6. The zero-order valence-electron chi connectivity index (χ0n) is 11.1. The van der Waals surface area contributed by atoms with E-state index in [-0.39, 0.29) is 6.54 Å². The Labute approximate surface area is 111 Å². The third-order valence-corrected chi connectivity index (χ3v) is 2.68.